The van der Waals surface area contributed by atoms with E-state index in [4.69, 9.17) is 4.74 Å². The first kappa shape index (κ1) is 32.4. The molecule has 2 aliphatic heterocycles. The van der Waals surface area contributed by atoms with Crippen molar-refractivity contribution in [2.75, 3.05) is 32.8 Å². The van der Waals surface area contributed by atoms with Crippen LogP contribution >= 0.6 is 0 Å². The molecule has 1 unspecified atom stereocenters. The first-order valence-corrected chi connectivity index (χ1v) is 16.9. The van der Waals surface area contributed by atoms with Crippen LogP contribution in [0.3, 0.4) is 0 Å². The molecule has 0 aromatic heterocycles. The number of rotatable bonds is 11. The lowest BCUT2D eigenvalue weighted by Crippen LogP contribution is -2.53. The van der Waals surface area contributed by atoms with E-state index >= 15 is 0 Å². The van der Waals surface area contributed by atoms with Crippen LogP contribution in [0.4, 0.5) is 4.79 Å². The highest BCUT2D eigenvalue weighted by molar-refractivity contribution is 7.89. The molecule has 5 rings (SSSR count). The number of nitrogens with zero attached hydrogens (tertiary/aromatic N) is 2. The van der Waals surface area contributed by atoms with Crippen molar-refractivity contribution in [2.24, 2.45) is 5.92 Å². The van der Waals surface area contributed by atoms with Gasteiger partial charge in [0.25, 0.3) is 0 Å². The number of amides is 3. The molecule has 12 heteroatoms. The number of aliphatic hydroxyl groups is 1. The second kappa shape index (κ2) is 14.9. The molecular formula is C33H40N4O7S. The van der Waals surface area contributed by atoms with Gasteiger partial charge in [0, 0.05) is 38.6 Å². The summed E-state index contributed by atoms with van der Waals surface area (Å²) >= 11 is 0. The van der Waals surface area contributed by atoms with Gasteiger partial charge >= 0.3 is 6.09 Å². The van der Waals surface area contributed by atoms with Gasteiger partial charge in [-0.25, -0.2) is 13.2 Å². The van der Waals surface area contributed by atoms with E-state index in [0.29, 0.717) is 32.5 Å². The van der Waals surface area contributed by atoms with Gasteiger partial charge in [0.05, 0.1) is 11.5 Å². The van der Waals surface area contributed by atoms with E-state index in [-0.39, 0.29) is 42.3 Å². The summed E-state index contributed by atoms with van der Waals surface area (Å²) in [6.45, 7) is 1.13. The van der Waals surface area contributed by atoms with Crippen molar-refractivity contribution in [3.05, 3.63) is 78.4 Å². The van der Waals surface area contributed by atoms with Crippen LogP contribution in [0.15, 0.2) is 77.7 Å². The molecule has 3 aromatic rings. The molecule has 2 fully saturated rings. The summed E-state index contributed by atoms with van der Waals surface area (Å²) in [5.74, 6) is -0.710. The minimum Gasteiger partial charge on any atom is -0.445 e. The van der Waals surface area contributed by atoms with Crippen molar-refractivity contribution >= 4 is 38.7 Å². The van der Waals surface area contributed by atoms with E-state index in [1.807, 2.05) is 48.5 Å². The van der Waals surface area contributed by atoms with E-state index in [1.54, 1.807) is 17.0 Å². The Bertz CT molecular complexity index is 1600. The highest BCUT2D eigenvalue weighted by Crippen LogP contribution is 2.23. The monoisotopic (exact) mass is 636 g/mol. The molecule has 240 valence electrons. The molecular weight excluding hydrogens is 596 g/mol. The number of aliphatic hydroxyl groups excluding tert-OH is 1. The SMILES string of the molecule is O=C(CC1CCCN(C(=O)OCc2ccccc2)C1)NC[C@@H]1CCCN1C(=O)[C@H](CO)NS(=O)(=O)c1ccc2ccccc2c1. The third-order valence-corrected chi connectivity index (χ3v) is 9.93. The van der Waals surface area contributed by atoms with Crippen molar-refractivity contribution < 1.29 is 32.6 Å². The molecule has 2 aliphatic rings. The Hall–Kier alpha value is -4.00. The number of piperidine rings is 1. The van der Waals surface area contributed by atoms with Crippen molar-refractivity contribution in [3.8, 4) is 0 Å². The Kier molecular flexibility index (Phi) is 10.7. The van der Waals surface area contributed by atoms with Gasteiger partial charge in [-0.3, -0.25) is 9.59 Å². The average Bonchev–Trinajstić information content (AvgIpc) is 3.54. The Morgan fingerprint density at radius 3 is 2.44 bits per heavy atom. The zero-order valence-corrected chi connectivity index (χ0v) is 26.0. The maximum atomic E-state index is 13.4. The van der Waals surface area contributed by atoms with Crippen LogP contribution in [0, 0.1) is 5.92 Å². The van der Waals surface area contributed by atoms with Gasteiger partial charge in [-0.2, -0.15) is 4.72 Å². The number of carbonyl (C=O) groups excluding carboxylic acids is 3. The number of benzene rings is 3. The molecule has 0 spiro atoms. The lowest BCUT2D eigenvalue weighted by Gasteiger charge is -2.32. The fourth-order valence-electron chi connectivity index (χ4n) is 6.07. The van der Waals surface area contributed by atoms with Gasteiger partial charge in [-0.1, -0.05) is 60.7 Å². The third-order valence-electron chi connectivity index (χ3n) is 8.46. The number of nitrogens with one attached hydrogen (secondary N) is 2. The predicted molar refractivity (Wildman–Crippen MR) is 168 cm³/mol. The number of fused-ring (bicyclic) bond motifs is 1. The Labute approximate surface area is 263 Å². The van der Waals surface area contributed by atoms with Gasteiger partial charge < -0.3 is 25.0 Å². The van der Waals surface area contributed by atoms with Crippen LogP contribution in [0.5, 0.6) is 0 Å². The molecule has 11 nitrogen and oxygen atoms in total. The Morgan fingerprint density at radius 2 is 1.67 bits per heavy atom. The van der Waals surface area contributed by atoms with Crippen molar-refractivity contribution in [1.82, 2.24) is 19.8 Å². The molecule has 3 aromatic carbocycles. The lowest BCUT2D eigenvalue weighted by atomic mass is 9.94. The molecule has 3 N–H and O–H groups in total. The summed E-state index contributed by atoms with van der Waals surface area (Å²) in [5, 5.41) is 14.6. The molecule has 3 atom stereocenters. The van der Waals surface area contributed by atoms with E-state index in [1.165, 1.54) is 17.0 Å². The van der Waals surface area contributed by atoms with Gasteiger partial charge in [-0.15, -0.1) is 0 Å². The molecule has 3 amide bonds. The van der Waals surface area contributed by atoms with E-state index < -0.39 is 34.7 Å². The predicted octanol–water partition coefficient (Wildman–Crippen LogP) is 3.03. The van der Waals surface area contributed by atoms with E-state index in [2.05, 4.69) is 10.0 Å². The Balaban J connectivity index is 1.11. The maximum absolute atomic E-state index is 13.4. The van der Waals surface area contributed by atoms with Crippen molar-refractivity contribution in [3.63, 3.8) is 0 Å². The van der Waals surface area contributed by atoms with Crippen LogP contribution in [-0.2, 0) is 31.0 Å². The smallest absolute Gasteiger partial charge is 0.410 e. The topological polar surface area (TPSA) is 145 Å². The zero-order chi connectivity index (χ0) is 31.8. The largest absolute Gasteiger partial charge is 0.445 e. The van der Waals surface area contributed by atoms with Gasteiger partial charge in [-0.05, 0) is 60.1 Å². The van der Waals surface area contributed by atoms with Crippen LogP contribution in [0.25, 0.3) is 10.8 Å². The molecule has 0 saturated carbocycles. The molecule has 0 aliphatic carbocycles. The Morgan fingerprint density at radius 1 is 0.933 bits per heavy atom. The summed E-state index contributed by atoms with van der Waals surface area (Å²) in [5.41, 5.74) is 0.908. The second-order valence-corrected chi connectivity index (χ2v) is 13.4. The van der Waals surface area contributed by atoms with Crippen LogP contribution in [-0.4, -0.2) is 86.1 Å². The number of carbonyl (C=O) groups is 3. The quantitative estimate of drug-likeness (QED) is 0.293. The summed E-state index contributed by atoms with van der Waals surface area (Å²) in [4.78, 5) is 42.1. The van der Waals surface area contributed by atoms with Gasteiger partial charge in [0.2, 0.25) is 21.8 Å². The van der Waals surface area contributed by atoms with E-state index in [9.17, 15) is 27.9 Å². The van der Waals surface area contributed by atoms with Crippen LogP contribution < -0.4 is 10.0 Å². The molecule has 0 bridgehead atoms. The fourth-order valence-corrected chi connectivity index (χ4v) is 7.28. The first-order valence-electron chi connectivity index (χ1n) is 15.4. The summed E-state index contributed by atoms with van der Waals surface area (Å²) in [7, 11) is -4.09. The second-order valence-electron chi connectivity index (χ2n) is 11.7. The minimum atomic E-state index is -4.09. The number of ether oxygens (including phenoxy) is 1. The number of hydrogen-bond donors (Lipinski definition) is 3. The van der Waals surface area contributed by atoms with Crippen molar-refractivity contribution in [1.29, 1.82) is 0 Å². The highest BCUT2D eigenvalue weighted by Gasteiger charge is 2.35. The highest BCUT2D eigenvalue weighted by atomic mass is 32.2. The molecule has 0 radical (unpaired) electrons. The number of sulfonamides is 1. The minimum absolute atomic E-state index is 0.00317. The van der Waals surface area contributed by atoms with Crippen molar-refractivity contribution in [2.45, 2.75) is 55.7 Å². The summed E-state index contributed by atoms with van der Waals surface area (Å²) in [6.07, 6.45) is 2.80. The molecule has 2 saturated heterocycles. The standard InChI is InChI=1S/C33H40N4O7S/c38-22-30(35-45(42,43)29-15-14-26-11-4-5-12-27(26)19-29)32(40)37-17-7-13-28(37)20-34-31(39)18-25-10-6-16-36(21-25)33(41)44-23-24-8-2-1-3-9-24/h1-5,8-9,11-12,14-15,19,25,28,30,35,38H,6-7,10,13,16-18,20-23H2,(H,34,39)/t25?,28-,30-/m0/s1. The number of hydrogen-bond acceptors (Lipinski definition) is 7. The maximum Gasteiger partial charge on any atom is 0.410 e. The third kappa shape index (κ3) is 8.38. The van der Waals surface area contributed by atoms with Crippen LogP contribution in [0.1, 0.15) is 37.7 Å². The van der Waals surface area contributed by atoms with E-state index in [0.717, 1.165) is 29.2 Å². The fraction of sp³-hybridized carbons (Fsp3) is 0.424. The normalized spacial score (nSPS) is 19.3. The summed E-state index contributed by atoms with van der Waals surface area (Å²) in [6, 6.07) is 19.8. The zero-order valence-electron chi connectivity index (χ0n) is 25.1. The van der Waals surface area contributed by atoms with Gasteiger partial charge in [0.15, 0.2) is 0 Å². The summed E-state index contributed by atoms with van der Waals surface area (Å²) < 4.78 is 34.1. The van der Waals surface area contributed by atoms with Gasteiger partial charge in [0.1, 0.15) is 12.6 Å². The lowest BCUT2D eigenvalue weighted by molar-refractivity contribution is -0.135. The van der Waals surface area contributed by atoms with Crippen LogP contribution in [0.2, 0.25) is 0 Å². The number of likely N-dealkylation sites (tertiary alicyclic amines) is 2. The molecule has 2 heterocycles. The first-order chi connectivity index (χ1) is 21.7. The average molecular weight is 637 g/mol. The molecule has 45 heavy (non-hydrogen) atoms.